The Morgan fingerprint density at radius 2 is 0.943 bits per heavy atom. The van der Waals surface area contributed by atoms with Crippen molar-refractivity contribution in [1.29, 1.82) is 0 Å². The van der Waals surface area contributed by atoms with Crippen LogP contribution < -0.4 is 4.90 Å². The van der Waals surface area contributed by atoms with E-state index in [-0.39, 0.29) is 0 Å². The van der Waals surface area contributed by atoms with Crippen molar-refractivity contribution in [1.82, 2.24) is 0 Å². The maximum absolute atomic E-state index is 7.03. The molecule has 11 rings (SSSR count). The molecule has 0 bridgehead atoms. The molecule has 11 aromatic rings. The molecule has 0 aliphatic carbocycles. The van der Waals surface area contributed by atoms with Gasteiger partial charge in [0.1, 0.15) is 16.7 Å². The molecule has 0 fully saturated rings. The highest BCUT2D eigenvalue weighted by atomic mass is 16.3. The molecule has 0 radical (unpaired) electrons. The van der Waals surface area contributed by atoms with Gasteiger partial charge in [-0.05, 0) is 69.2 Å². The number of para-hydroxylation sites is 3. The number of benzene rings is 9. The summed E-state index contributed by atoms with van der Waals surface area (Å²) in [5, 5.41) is 9.13. The highest BCUT2D eigenvalue weighted by Gasteiger charge is 2.24. The second-order valence-corrected chi connectivity index (χ2v) is 13.6. The summed E-state index contributed by atoms with van der Waals surface area (Å²) in [5.74, 6) is 0. The second-order valence-electron chi connectivity index (χ2n) is 13.6. The summed E-state index contributed by atoms with van der Waals surface area (Å²) in [7, 11) is 0. The lowest BCUT2D eigenvalue weighted by molar-refractivity contribution is 0.669. The van der Waals surface area contributed by atoms with Gasteiger partial charge >= 0.3 is 0 Å². The van der Waals surface area contributed by atoms with Crippen LogP contribution in [0.4, 0.5) is 17.1 Å². The Morgan fingerprint density at radius 3 is 1.83 bits per heavy atom. The van der Waals surface area contributed by atoms with E-state index < -0.39 is 0 Å². The maximum Gasteiger partial charge on any atom is 0.159 e. The quantitative estimate of drug-likeness (QED) is 0.182. The lowest BCUT2D eigenvalue weighted by atomic mass is 9.93. The molecule has 2 heterocycles. The molecule has 0 amide bonds. The molecule has 0 spiro atoms. The van der Waals surface area contributed by atoms with Crippen molar-refractivity contribution < 1.29 is 8.83 Å². The van der Waals surface area contributed by atoms with Gasteiger partial charge < -0.3 is 13.7 Å². The number of nitrogens with zero attached hydrogens (tertiary/aromatic N) is 1. The topological polar surface area (TPSA) is 29.5 Å². The molecule has 248 valence electrons. The van der Waals surface area contributed by atoms with Crippen LogP contribution in [0.25, 0.3) is 87.7 Å². The zero-order valence-corrected chi connectivity index (χ0v) is 28.7. The summed E-state index contributed by atoms with van der Waals surface area (Å²) in [5.41, 5.74) is 11.1. The van der Waals surface area contributed by atoms with Crippen LogP contribution in [0, 0.1) is 0 Å². The first-order valence-corrected chi connectivity index (χ1v) is 18.0. The first-order chi connectivity index (χ1) is 26.3. The zero-order valence-electron chi connectivity index (χ0n) is 28.7. The van der Waals surface area contributed by atoms with Gasteiger partial charge in [-0.2, -0.15) is 0 Å². The van der Waals surface area contributed by atoms with Crippen LogP contribution in [0.15, 0.2) is 197 Å². The minimum atomic E-state index is 0.838. The summed E-state index contributed by atoms with van der Waals surface area (Å²) in [6.07, 6.45) is 0. The molecule has 9 aromatic carbocycles. The number of rotatable bonds is 5. The van der Waals surface area contributed by atoms with Gasteiger partial charge in [-0.1, -0.05) is 152 Å². The van der Waals surface area contributed by atoms with Crippen molar-refractivity contribution in [3.05, 3.63) is 188 Å². The van der Waals surface area contributed by atoms with E-state index >= 15 is 0 Å². The fourth-order valence-corrected chi connectivity index (χ4v) is 8.26. The molecule has 3 nitrogen and oxygen atoms in total. The fraction of sp³-hybridized carbons (Fsp3) is 0. The van der Waals surface area contributed by atoms with E-state index in [1.165, 1.54) is 27.3 Å². The molecule has 0 unspecified atom stereocenters. The lowest BCUT2D eigenvalue weighted by Crippen LogP contribution is -2.11. The van der Waals surface area contributed by atoms with Gasteiger partial charge in [0.25, 0.3) is 0 Å². The highest BCUT2D eigenvalue weighted by molar-refractivity contribution is 6.16. The van der Waals surface area contributed by atoms with E-state index in [4.69, 9.17) is 8.83 Å². The van der Waals surface area contributed by atoms with E-state index in [2.05, 4.69) is 175 Å². The molecule has 0 N–H and O–H groups in total. The minimum absolute atomic E-state index is 0.838. The van der Waals surface area contributed by atoms with Crippen LogP contribution in [0.1, 0.15) is 0 Å². The Balaban J connectivity index is 1.21. The van der Waals surface area contributed by atoms with E-state index in [1.807, 2.05) is 18.2 Å². The Labute approximate surface area is 305 Å². The van der Waals surface area contributed by atoms with E-state index in [0.29, 0.717) is 0 Å². The summed E-state index contributed by atoms with van der Waals surface area (Å²) in [6.45, 7) is 0. The maximum atomic E-state index is 7.03. The normalized spacial score (nSPS) is 11.8. The molecule has 0 atom stereocenters. The minimum Gasteiger partial charge on any atom is -0.456 e. The van der Waals surface area contributed by atoms with Crippen molar-refractivity contribution in [2.45, 2.75) is 0 Å². The molecule has 0 saturated heterocycles. The van der Waals surface area contributed by atoms with Crippen LogP contribution in [0.5, 0.6) is 0 Å². The van der Waals surface area contributed by atoms with Gasteiger partial charge in [0.05, 0.1) is 11.4 Å². The first-order valence-electron chi connectivity index (χ1n) is 18.0. The average molecular weight is 678 g/mol. The number of fused-ring (bicyclic) bond motifs is 8. The molecule has 3 heteroatoms. The van der Waals surface area contributed by atoms with Gasteiger partial charge in [-0.15, -0.1) is 0 Å². The lowest BCUT2D eigenvalue weighted by Gasteiger charge is -2.27. The van der Waals surface area contributed by atoms with E-state index in [0.717, 1.165) is 77.5 Å². The zero-order chi connectivity index (χ0) is 34.9. The third-order valence-electron chi connectivity index (χ3n) is 10.7. The second kappa shape index (κ2) is 11.7. The largest absolute Gasteiger partial charge is 0.456 e. The predicted molar refractivity (Wildman–Crippen MR) is 222 cm³/mol. The smallest absolute Gasteiger partial charge is 0.159 e. The number of hydrogen-bond donors (Lipinski definition) is 0. The summed E-state index contributed by atoms with van der Waals surface area (Å²) >= 11 is 0. The summed E-state index contributed by atoms with van der Waals surface area (Å²) in [6, 6.07) is 66.7. The van der Waals surface area contributed by atoms with Crippen molar-refractivity contribution in [3.8, 4) is 22.3 Å². The summed E-state index contributed by atoms with van der Waals surface area (Å²) < 4.78 is 13.3. The van der Waals surface area contributed by atoms with Crippen molar-refractivity contribution >= 4 is 82.5 Å². The SMILES string of the molecule is c1ccc(-c2cccc3c2oc2c(N(c4ccc5oc6ccccc6c5c4)c4ccc(-c5cccc6ccccc56)c5ccccc45)cccc23)cc1. The summed E-state index contributed by atoms with van der Waals surface area (Å²) in [4.78, 5) is 2.36. The Morgan fingerprint density at radius 1 is 0.321 bits per heavy atom. The van der Waals surface area contributed by atoms with Crippen molar-refractivity contribution in [3.63, 3.8) is 0 Å². The third kappa shape index (κ3) is 4.61. The Bertz CT molecular complexity index is 3180. The van der Waals surface area contributed by atoms with Crippen molar-refractivity contribution in [2.75, 3.05) is 4.90 Å². The number of hydrogen-bond acceptors (Lipinski definition) is 3. The van der Waals surface area contributed by atoms with Crippen LogP contribution in [-0.2, 0) is 0 Å². The third-order valence-corrected chi connectivity index (χ3v) is 10.7. The van der Waals surface area contributed by atoms with Crippen LogP contribution >= 0.6 is 0 Å². The monoisotopic (exact) mass is 677 g/mol. The molecule has 2 aromatic heterocycles. The van der Waals surface area contributed by atoms with Gasteiger partial charge in [0.2, 0.25) is 0 Å². The van der Waals surface area contributed by atoms with Gasteiger partial charge in [-0.3, -0.25) is 0 Å². The molecule has 0 aliphatic heterocycles. The molecule has 0 aliphatic rings. The number of anilines is 3. The predicted octanol–water partition coefficient (Wildman–Crippen LogP) is 14.6. The molecule has 0 saturated carbocycles. The number of furan rings is 2. The Kier molecular flexibility index (Phi) is 6.55. The van der Waals surface area contributed by atoms with Gasteiger partial charge in [0.15, 0.2) is 5.58 Å². The van der Waals surface area contributed by atoms with E-state index in [9.17, 15) is 0 Å². The Hall–Kier alpha value is -7.10. The van der Waals surface area contributed by atoms with Crippen molar-refractivity contribution in [2.24, 2.45) is 0 Å². The fourth-order valence-electron chi connectivity index (χ4n) is 8.26. The standard InChI is InChI=1S/C50H31NO2/c1-2-13-33(14-3-1)36-21-11-23-42-43-24-12-25-46(50(43)53-49(36)42)51(34-27-30-48-44(31-34)41-20-8-9-26-47(41)52-48)45-29-28-39(38-18-6-7-19-40(38)45)37-22-10-16-32-15-4-5-17-35(32)37/h1-31H. The van der Waals surface area contributed by atoms with Gasteiger partial charge in [0, 0.05) is 38.2 Å². The average Bonchev–Trinajstić information content (AvgIpc) is 3.80. The van der Waals surface area contributed by atoms with Gasteiger partial charge in [-0.25, -0.2) is 0 Å². The van der Waals surface area contributed by atoms with Crippen LogP contribution in [-0.4, -0.2) is 0 Å². The molecular weight excluding hydrogens is 647 g/mol. The molecular formula is C50H31NO2. The molecule has 53 heavy (non-hydrogen) atoms. The highest BCUT2D eigenvalue weighted by Crippen LogP contribution is 2.48. The van der Waals surface area contributed by atoms with E-state index in [1.54, 1.807) is 0 Å². The van der Waals surface area contributed by atoms with Crippen LogP contribution in [0.3, 0.4) is 0 Å². The van der Waals surface area contributed by atoms with Crippen LogP contribution in [0.2, 0.25) is 0 Å². The first kappa shape index (κ1) is 29.6.